The molecule has 17 heavy (non-hydrogen) atoms. The van der Waals surface area contributed by atoms with Crippen molar-refractivity contribution in [1.82, 2.24) is 5.32 Å². The summed E-state index contributed by atoms with van der Waals surface area (Å²) in [5.74, 6) is -3.12. The summed E-state index contributed by atoms with van der Waals surface area (Å²) in [7, 11) is 0. The molecule has 0 aliphatic rings. The van der Waals surface area contributed by atoms with Crippen LogP contribution in [0.3, 0.4) is 0 Å². The number of imide groups is 1. The van der Waals surface area contributed by atoms with Gasteiger partial charge in [-0.15, -0.1) is 0 Å². The highest BCUT2D eigenvalue weighted by Crippen LogP contribution is 2.30. The first-order chi connectivity index (χ1) is 7.71. The van der Waals surface area contributed by atoms with Crippen molar-refractivity contribution < 1.29 is 27.2 Å². The van der Waals surface area contributed by atoms with Crippen LogP contribution in [0.15, 0.2) is 18.2 Å². The molecule has 0 heterocycles. The van der Waals surface area contributed by atoms with E-state index in [2.05, 4.69) is 0 Å². The average Bonchev–Trinajstić information content (AvgIpc) is 2.15. The molecule has 0 saturated carbocycles. The Bertz CT molecular complexity index is 468. The van der Waals surface area contributed by atoms with Crippen LogP contribution in [0.2, 0.25) is 0 Å². The molecule has 0 aromatic heterocycles. The predicted molar refractivity (Wildman–Crippen MR) is 49.5 cm³/mol. The molecule has 0 radical (unpaired) electrons. The number of alkyl halides is 3. The van der Waals surface area contributed by atoms with Crippen molar-refractivity contribution in [2.45, 2.75) is 13.1 Å². The molecule has 1 aromatic carbocycles. The van der Waals surface area contributed by atoms with E-state index in [1.807, 2.05) is 0 Å². The van der Waals surface area contributed by atoms with E-state index in [1.54, 1.807) is 5.32 Å². The maximum Gasteiger partial charge on any atom is 0.416 e. The molecule has 1 aromatic rings. The van der Waals surface area contributed by atoms with Crippen molar-refractivity contribution in [3.05, 3.63) is 35.1 Å². The molecule has 1 N–H and O–H groups in total. The third-order valence-corrected chi connectivity index (χ3v) is 1.83. The Balaban J connectivity index is 3.15. The molecule has 7 heteroatoms. The molecular formula is C10H7F4NO2. The molecule has 2 amide bonds. The molecule has 3 nitrogen and oxygen atoms in total. The molecule has 0 fully saturated rings. The van der Waals surface area contributed by atoms with Crippen LogP contribution < -0.4 is 5.32 Å². The van der Waals surface area contributed by atoms with Gasteiger partial charge in [-0.1, -0.05) is 0 Å². The van der Waals surface area contributed by atoms with Gasteiger partial charge in [-0.25, -0.2) is 4.39 Å². The standard InChI is InChI=1S/C10H7F4NO2/c1-5(16)15-9(17)7-4-6(10(12,13)14)2-3-8(7)11/h2-4H,1H3,(H,15,16,17). The number of nitrogens with one attached hydrogen (secondary N) is 1. The van der Waals surface area contributed by atoms with Crippen molar-refractivity contribution in [1.29, 1.82) is 0 Å². The molecular weight excluding hydrogens is 242 g/mol. The molecule has 0 aliphatic heterocycles. The fourth-order valence-corrected chi connectivity index (χ4v) is 1.10. The molecule has 0 saturated heterocycles. The minimum atomic E-state index is -4.68. The average molecular weight is 249 g/mol. The van der Waals surface area contributed by atoms with Crippen LogP contribution in [0.25, 0.3) is 0 Å². The number of hydrogen-bond donors (Lipinski definition) is 1. The monoisotopic (exact) mass is 249 g/mol. The zero-order chi connectivity index (χ0) is 13.2. The second-order valence-electron chi connectivity index (χ2n) is 3.20. The zero-order valence-corrected chi connectivity index (χ0v) is 8.56. The maximum absolute atomic E-state index is 13.1. The number of carbonyl (C=O) groups excluding carboxylic acids is 2. The van der Waals surface area contributed by atoms with E-state index in [-0.39, 0.29) is 0 Å². The van der Waals surface area contributed by atoms with Crippen molar-refractivity contribution in [2.24, 2.45) is 0 Å². The van der Waals surface area contributed by atoms with Crippen LogP contribution in [-0.2, 0) is 11.0 Å². The highest BCUT2D eigenvalue weighted by atomic mass is 19.4. The van der Waals surface area contributed by atoms with E-state index in [9.17, 15) is 27.2 Å². The molecule has 0 spiro atoms. The SMILES string of the molecule is CC(=O)NC(=O)c1cc(C(F)(F)F)ccc1F. The van der Waals surface area contributed by atoms with Gasteiger partial charge in [0, 0.05) is 6.92 Å². The van der Waals surface area contributed by atoms with E-state index in [0.29, 0.717) is 18.2 Å². The highest BCUT2D eigenvalue weighted by molar-refractivity contribution is 6.04. The summed E-state index contributed by atoms with van der Waals surface area (Å²) in [5, 5.41) is 1.69. The minimum absolute atomic E-state index is 0.355. The summed E-state index contributed by atoms with van der Waals surface area (Å²) in [6, 6.07) is 1.39. The van der Waals surface area contributed by atoms with Gasteiger partial charge < -0.3 is 0 Å². The fraction of sp³-hybridized carbons (Fsp3) is 0.200. The first-order valence-corrected chi connectivity index (χ1v) is 4.40. The van der Waals surface area contributed by atoms with Gasteiger partial charge in [-0.3, -0.25) is 14.9 Å². The van der Waals surface area contributed by atoms with Crippen LogP contribution in [0, 0.1) is 5.82 Å². The van der Waals surface area contributed by atoms with E-state index >= 15 is 0 Å². The Morgan fingerprint density at radius 1 is 1.24 bits per heavy atom. The number of halogens is 4. The molecule has 0 aliphatic carbocycles. The summed E-state index contributed by atoms with van der Waals surface area (Å²) in [6.07, 6.45) is -4.68. The molecule has 0 unspecified atom stereocenters. The second kappa shape index (κ2) is 4.52. The molecule has 92 valence electrons. The zero-order valence-electron chi connectivity index (χ0n) is 8.56. The second-order valence-corrected chi connectivity index (χ2v) is 3.20. The van der Waals surface area contributed by atoms with E-state index in [1.165, 1.54) is 0 Å². The van der Waals surface area contributed by atoms with Gasteiger partial charge in [-0.2, -0.15) is 13.2 Å². The third-order valence-electron chi connectivity index (χ3n) is 1.83. The Morgan fingerprint density at radius 3 is 2.29 bits per heavy atom. The van der Waals surface area contributed by atoms with Gasteiger partial charge in [0.15, 0.2) is 0 Å². The smallest absolute Gasteiger partial charge is 0.292 e. The first kappa shape index (κ1) is 13.1. The van der Waals surface area contributed by atoms with Crippen LogP contribution in [0.5, 0.6) is 0 Å². The Kier molecular flexibility index (Phi) is 3.50. The van der Waals surface area contributed by atoms with Gasteiger partial charge in [-0.05, 0) is 18.2 Å². The summed E-state index contributed by atoms with van der Waals surface area (Å²) in [6.45, 7) is 0.989. The van der Waals surface area contributed by atoms with E-state index < -0.39 is 34.9 Å². The van der Waals surface area contributed by atoms with Crippen molar-refractivity contribution in [2.75, 3.05) is 0 Å². The van der Waals surface area contributed by atoms with Crippen LogP contribution in [-0.4, -0.2) is 11.8 Å². The lowest BCUT2D eigenvalue weighted by molar-refractivity contribution is -0.137. The Morgan fingerprint density at radius 2 is 1.82 bits per heavy atom. The number of rotatable bonds is 1. The lowest BCUT2D eigenvalue weighted by atomic mass is 10.1. The molecule has 0 bridgehead atoms. The summed E-state index contributed by atoms with van der Waals surface area (Å²) in [5.41, 5.74) is -1.98. The maximum atomic E-state index is 13.1. The highest BCUT2D eigenvalue weighted by Gasteiger charge is 2.31. The first-order valence-electron chi connectivity index (χ1n) is 4.40. The Labute approximate surface area is 93.4 Å². The Hall–Kier alpha value is -1.92. The van der Waals surface area contributed by atoms with Gasteiger partial charge in [0.05, 0.1) is 11.1 Å². The van der Waals surface area contributed by atoms with Crippen LogP contribution in [0.1, 0.15) is 22.8 Å². The minimum Gasteiger partial charge on any atom is -0.292 e. The van der Waals surface area contributed by atoms with Gasteiger partial charge in [0.2, 0.25) is 5.91 Å². The summed E-state index contributed by atoms with van der Waals surface area (Å²) >= 11 is 0. The summed E-state index contributed by atoms with van der Waals surface area (Å²) < 4.78 is 50.0. The quantitative estimate of drug-likeness (QED) is 0.775. The van der Waals surface area contributed by atoms with E-state index in [0.717, 1.165) is 6.92 Å². The normalized spacial score (nSPS) is 11.1. The lowest BCUT2D eigenvalue weighted by Gasteiger charge is -2.09. The van der Waals surface area contributed by atoms with Crippen molar-refractivity contribution >= 4 is 11.8 Å². The lowest BCUT2D eigenvalue weighted by Crippen LogP contribution is -2.29. The number of carbonyl (C=O) groups is 2. The van der Waals surface area contributed by atoms with Crippen LogP contribution >= 0.6 is 0 Å². The van der Waals surface area contributed by atoms with Gasteiger partial charge in [0.25, 0.3) is 5.91 Å². The topological polar surface area (TPSA) is 46.2 Å². The van der Waals surface area contributed by atoms with Gasteiger partial charge >= 0.3 is 6.18 Å². The van der Waals surface area contributed by atoms with E-state index in [4.69, 9.17) is 0 Å². The third kappa shape index (κ3) is 3.27. The van der Waals surface area contributed by atoms with Crippen LogP contribution in [0.4, 0.5) is 17.6 Å². The molecule has 1 rings (SSSR count). The predicted octanol–water partition coefficient (Wildman–Crippen LogP) is 2.12. The van der Waals surface area contributed by atoms with Crippen molar-refractivity contribution in [3.8, 4) is 0 Å². The van der Waals surface area contributed by atoms with Gasteiger partial charge in [0.1, 0.15) is 5.82 Å². The largest absolute Gasteiger partial charge is 0.416 e. The number of hydrogen-bond acceptors (Lipinski definition) is 2. The summed E-state index contributed by atoms with van der Waals surface area (Å²) in [4.78, 5) is 21.8. The number of amides is 2. The number of benzene rings is 1. The van der Waals surface area contributed by atoms with Crippen molar-refractivity contribution in [3.63, 3.8) is 0 Å². The molecule has 0 atom stereocenters. The fourth-order valence-electron chi connectivity index (χ4n) is 1.10.